The van der Waals surface area contributed by atoms with Crippen LogP contribution in [0, 0.1) is 0 Å². The molecule has 0 atom stereocenters. The van der Waals surface area contributed by atoms with Crippen molar-refractivity contribution < 1.29 is 13.5 Å². The van der Waals surface area contributed by atoms with Crippen molar-refractivity contribution in [2.24, 2.45) is 0 Å². The number of aromatic hydroxyl groups is 1. The molecule has 2 aromatic rings. The average molecular weight is 351 g/mol. The van der Waals surface area contributed by atoms with Crippen LogP contribution in [0.15, 0.2) is 17.2 Å². The van der Waals surface area contributed by atoms with Crippen molar-refractivity contribution in [3.8, 4) is 17.0 Å². The first-order valence-electron chi connectivity index (χ1n) is 7.72. The van der Waals surface area contributed by atoms with Crippen molar-refractivity contribution in [1.82, 2.24) is 15.4 Å². The molecule has 24 heavy (non-hydrogen) atoms. The lowest BCUT2D eigenvalue weighted by molar-refractivity contribution is 0.423. The molecule has 0 spiro atoms. The van der Waals surface area contributed by atoms with Crippen LogP contribution < -0.4 is 0 Å². The van der Waals surface area contributed by atoms with Gasteiger partial charge in [-0.3, -0.25) is 0 Å². The zero-order valence-electron chi connectivity index (χ0n) is 15.2. The smallest absolute Gasteiger partial charge is 0.204 e. The van der Waals surface area contributed by atoms with Crippen LogP contribution in [0.25, 0.3) is 11.3 Å². The molecule has 0 aliphatic carbocycles. The molecule has 0 aliphatic heterocycles. The molecule has 7 heteroatoms. The van der Waals surface area contributed by atoms with Gasteiger partial charge < -0.3 is 5.11 Å². The highest BCUT2D eigenvalue weighted by Crippen LogP contribution is 2.42. The van der Waals surface area contributed by atoms with E-state index in [1.165, 1.54) is 0 Å². The Labute approximate surface area is 143 Å². The molecule has 1 aromatic carbocycles. The fourth-order valence-corrected chi connectivity index (χ4v) is 3.30. The predicted molar refractivity (Wildman–Crippen MR) is 94.0 cm³/mol. The SMILES string of the molecule is CC(C)(C)c1cc(-c2n[nH]nc2S(C)(=O)=O)cc(C(C)(C)C)c1O. The number of sulfone groups is 1. The van der Waals surface area contributed by atoms with Crippen molar-refractivity contribution in [3.05, 3.63) is 23.3 Å². The molecule has 0 radical (unpaired) electrons. The van der Waals surface area contributed by atoms with E-state index in [1.807, 2.05) is 41.5 Å². The third kappa shape index (κ3) is 3.45. The Hall–Kier alpha value is -1.89. The van der Waals surface area contributed by atoms with Gasteiger partial charge in [-0.2, -0.15) is 10.3 Å². The van der Waals surface area contributed by atoms with Gasteiger partial charge in [-0.15, -0.1) is 5.10 Å². The number of phenolic OH excluding ortho intramolecular Hbond substituents is 1. The summed E-state index contributed by atoms with van der Waals surface area (Å²) in [6.45, 7) is 12.0. The molecule has 132 valence electrons. The van der Waals surface area contributed by atoms with E-state index < -0.39 is 9.84 Å². The summed E-state index contributed by atoms with van der Waals surface area (Å²) in [6, 6.07) is 3.58. The van der Waals surface area contributed by atoms with Crippen LogP contribution in [-0.4, -0.2) is 35.2 Å². The second kappa shape index (κ2) is 5.58. The minimum atomic E-state index is -3.51. The van der Waals surface area contributed by atoms with Crippen LogP contribution in [0.1, 0.15) is 52.7 Å². The second-order valence-corrected chi connectivity index (χ2v) is 10.1. The van der Waals surface area contributed by atoms with Gasteiger partial charge >= 0.3 is 0 Å². The molecule has 0 aliphatic rings. The molecule has 1 aromatic heterocycles. The molecule has 6 nitrogen and oxygen atoms in total. The van der Waals surface area contributed by atoms with E-state index in [9.17, 15) is 13.5 Å². The first-order chi connectivity index (χ1) is 10.7. The highest BCUT2D eigenvalue weighted by Gasteiger charge is 2.29. The average Bonchev–Trinajstić information content (AvgIpc) is 2.85. The number of nitrogens with zero attached hydrogens (tertiary/aromatic N) is 2. The number of hydrogen-bond acceptors (Lipinski definition) is 5. The number of H-pyrrole nitrogens is 1. The largest absolute Gasteiger partial charge is 0.507 e. The fraction of sp³-hybridized carbons (Fsp3) is 0.529. The van der Waals surface area contributed by atoms with Gasteiger partial charge in [-0.25, -0.2) is 8.42 Å². The molecule has 0 bridgehead atoms. The summed E-state index contributed by atoms with van der Waals surface area (Å²) >= 11 is 0. The van der Waals surface area contributed by atoms with Crippen LogP contribution in [0.3, 0.4) is 0 Å². The summed E-state index contributed by atoms with van der Waals surface area (Å²) in [4.78, 5) is 0. The van der Waals surface area contributed by atoms with E-state index in [2.05, 4.69) is 15.4 Å². The number of phenols is 1. The lowest BCUT2D eigenvalue weighted by Gasteiger charge is -2.28. The number of aromatic nitrogens is 3. The molecule has 2 N–H and O–H groups in total. The maximum Gasteiger partial charge on any atom is 0.204 e. The quantitative estimate of drug-likeness (QED) is 0.866. The number of rotatable bonds is 2. The van der Waals surface area contributed by atoms with Crippen molar-refractivity contribution in [3.63, 3.8) is 0 Å². The van der Waals surface area contributed by atoms with Crippen LogP contribution in [0.2, 0.25) is 0 Å². The van der Waals surface area contributed by atoms with Gasteiger partial charge in [0.25, 0.3) is 0 Å². The standard InChI is InChI=1S/C17H25N3O3S/c1-16(2,3)11-8-10(9-12(14(11)21)17(4,5)6)13-15(19-20-18-13)24(7,22)23/h8-9,21H,1-7H3,(H,18,19,20). The van der Waals surface area contributed by atoms with E-state index in [-0.39, 0.29) is 27.3 Å². The Bertz CT molecular complexity index is 834. The Balaban J connectivity index is 2.85. The monoisotopic (exact) mass is 351 g/mol. The van der Waals surface area contributed by atoms with Crippen LogP contribution in [0.4, 0.5) is 0 Å². The van der Waals surface area contributed by atoms with Gasteiger partial charge in [-0.1, -0.05) is 41.5 Å². The Morgan fingerprint density at radius 1 is 0.958 bits per heavy atom. The maximum atomic E-state index is 11.9. The first kappa shape index (κ1) is 18.4. The van der Waals surface area contributed by atoms with Crippen LogP contribution in [0.5, 0.6) is 5.75 Å². The molecular formula is C17H25N3O3S. The summed E-state index contributed by atoms with van der Waals surface area (Å²) in [6.07, 6.45) is 1.10. The maximum absolute atomic E-state index is 11.9. The lowest BCUT2D eigenvalue weighted by atomic mass is 9.78. The van der Waals surface area contributed by atoms with E-state index >= 15 is 0 Å². The number of benzene rings is 1. The van der Waals surface area contributed by atoms with Gasteiger partial charge in [0.1, 0.15) is 11.4 Å². The zero-order chi connectivity index (χ0) is 18.5. The van der Waals surface area contributed by atoms with Crippen molar-refractivity contribution in [2.45, 2.75) is 57.4 Å². The Kier molecular flexibility index (Phi) is 4.29. The van der Waals surface area contributed by atoms with E-state index in [1.54, 1.807) is 12.1 Å². The summed E-state index contributed by atoms with van der Waals surface area (Å²) in [5.74, 6) is 0.239. The van der Waals surface area contributed by atoms with Gasteiger partial charge in [0, 0.05) is 22.9 Å². The minimum absolute atomic E-state index is 0.0899. The summed E-state index contributed by atoms with van der Waals surface area (Å²) in [5, 5.41) is 20.9. The van der Waals surface area contributed by atoms with Crippen molar-refractivity contribution in [2.75, 3.05) is 6.26 Å². The molecular weight excluding hydrogens is 326 g/mol. The third-order valence-corrected chi connectivity index (χ3v) is 4.85. The van der Waals surface area contributed by atoms with Crippen LogP contribution >= 0.6 is 0 Å². The molecule has 0 fully saturated rings. The van der Waals surface area contributed by atoms with Gasteiger partial charge in [0.2, 0.25) is 5.03 Å². The number of aromatic amines is 1. The Morgan fingerprint density at radius 2 is 1.42 bits per heavy atom. The highest BCUT2D eigenvalue weighted by molar-refractivity contribution is 7.90. The molecule has 0 saturated heterocycles. The normalized spacial score (nSPS) is 13.3. The third-order valence-electron chi connectivity index (χ3n) is 3.87. The topological polar surface area (TPSA) is 95.9 Å². The van der Waals surface area contributed by atoms with Crippen molar-refractivity contribution in [1.29, 1.82) is 0 Å². The predicted octanol–water partition coefficient (Wildman–Crippen LogP) is 3.18. The fourth-order valence-electron chi connectivity index (χ4n) is 2.58. The zero-order valence-corrected chi connectivity index (χ0v) is 16.0. The molecule has 0 saturated carbocycles. The Morgan fingerprint density at radius 3 is 1.79 bits per heavy atom. The van der Waals surface area contributed by atoms with E-state index in [0.29, 0.717) is 5.56 Å². The van der Waals surface area contributed by atoms with E-state index in [4.69, 9.17) is 0 Å². The number of hydrogen-bond donors (Lipinski definition) is 2. The highest BCUT2D eigenvalue weighted by atomic mass is 32.2. The number of nitrogens with one attached hydrogen (secondary N) is 1. The minimum Gasteiger partial charge on any atom is -0.507 e. The lowest BCUT2D eigenvalue weighted by Crippen LogP contribution is -2.17. The molecule has 0 amide bonds. The molecule has 0 unspecified atom stereocenters. The first-order valence-corrected chi connectivity index (χ1v) is 9.61. The van der Waals surface area contributed by atoms with Gasteiger partial charge in [0.05, 0.1) is 0 Å². The molecule has 1 heterocycles. The van der Waals surface area contributed by atoms with E-state index in [0.717, 1.165) is 17.4 Å². The summed E-state index contributed by atoms with van der Waals surface area (Å²) in [5.41, 5.74) is 1.76. The molecule has 2 rings (SSSR count). The van der Waals surface area contributed by atoms with Crippen LogP contribution in [-0.2, 0) is 20.7 Å². The van der Waals surface area contributed by atoms with Gasteiger partial charge in [0.15, 0.2) is 9.84 Å². The van der Waals surface area contributed by atoms with Crippen molar-refractivity contribution >= 4 is 9.84 Å². The summed E-state index contributed by atoms with van der Waals surface area (Å²) < 4.78 is 23.9. The summed E-state index contributed by atoms with van der Waals surface area (Å²) in [7, 11) is -3.51. The second-order valence-electron chi connectivity index (χ2n) is 8.17. The van der Waals surface area contributed by atoms with Gasteiger partial charge in [-0.05, 0) is 23.0 Å².